The first kappa shape index (κ1) is 16.4. The highest BCUT2D eigenvalue weighted by Gasteiger charge is 2.12. The summed E-state index contributed by atoms with van der Waals surface area (Å²) < 4.78 is 26.8. The Labute approximate surface area is 117 Å². The molecule has 0 bridgehead atoms. The van der Waals surface area contributed by atoms with Gasteiger partial charge in [0.2, 0.25) is 0 Å². The van der Waals surface area contributed by atoms with Crippen LogP contribution in [0.5, 0.6) is 0 Å². The predicted molar refractivity (Wildman–Crippen MR) is 74.5 cm³/mol. The Morgan fingerprint density at radius 3 is 2.70 bits per heavy atom. The lowest BCUT2D eigenvalue weighted by atomic mass is 10.1. The summed E-state index contributed by atoms with van der Waals surface area (Å²) in [5.74, 6) is -0.385. The van der Waals surface area contributed by atoms with E-state index >= 15 is 0 Å². The highest BCUT2D eigenvalue weighted by Crippen LogP contribution is 2.14. The largest absolute Gasteiger partial charge is 0.409 e. The van der Waals surface area contributed by atoms with Crippen molar-refractivity contribution in [3.05, 3.63) is 35.4 Å². The van der Waals surface area contributed by atoms with Gasteiger partial charge in [-0.05, 0) is 24.1 Å². The second-order valence-electron chi connectivity index (χ2n) is 5.21. The number of halogens is 2. The number of benzene rings is 1. The molecular formula is C14H21F2N3O. The molecule has 0 aromatic heterocycles. The van der Waals surface area contributed by atoms with E-state index in [0.717, 1.165) is 12.1 Å². The molecule has 0 radical (unpaired) electrons. The number of nitrogens with zero attached hydrogens (tertiary/aromatic N) is 2. The summed E-state index contributed by atoms with van der Waals surface area (Å²) in [6, 6.07) is 3.43. The van der Waals surface area contributed by atoms with Crippen LogP contribution in [0.2, 0.25) is 0 Å². The molecule has 6 heteroatoms. The molecule has 112 valence electrons. The Morgan fingerprint density at radius 1 is 1.40 bits per heavy atom. The monoisotopic (exact) mass is 285 g/mol. The van der Waals surface area contributed by atoms with Crippen LogP contribution in [0.1, 0.15) is 25.8 Å². The number of hydrogen-bond donors (Lipinski definition) is 2. The first-order chi connectivity index (χ1) is 9.42. The summed E-state index contributed by atoms with van der Waals surface area (Å²) in [4.78, 5) is 1.96. The zero-order valence-corrected chi connectivity index (χ0v) is 11.8. The van der Waals surface area contributed by atoms with Crippen LogP contribution < -0.4 is 5.73 Å². The van der Waals surface area contributed by atoms with Gasteiger partial charge in [0.25, 0.3) is 0 Å². The lowest BCUT2D eigenvalue weighted by Crippen LogP contribution is -2.31. The maximum Gasteiger partial charge on any atom is 0.140 e. The Morgan fingerprint density at radius 2 is 2.10 bits per heavy atom. The van der Waals surface area contributed by atoms with Gasteiger partial charge in [-0.2, -0.15) is 0 Å². The second kappa shape index (κ2) is 7.79. The van der Waals surface area contributed by atoms with E-state index in [1.54, 1.807) is 0 Å². The molecule has 0 atom stereocenters. The number of oxime groups is 1. The number of hydrogen-bond acceptors (Lipinski definition) is 3. The van der Waals surface area contributed by atoms with Crippen molar-refractivity contribution in [1.82, 2.24) is 4.90 Å². The smallest absolute Gasteiger partial charge is 0.140 e. The fraction of sp³-hybridized carbons (Fsp3) is 0.500. The van der Waals surface area contributed by atoms with E-state index < -0.39 is 11.6 Å². The molecule has 0 heterocycles. The van der Waals surface area contributed by atoms with Crippen LogP contribution in [0, 0.1) is 17.6 Å². The molecule has 0 saturated heterocycles. The summed E-state index contributed by atoms with van der Waals surface area (Å²) in [6.07, 6.45) is 0.375. The van der Waals surface area contributed by atoms with Crippen molar-refractivity contribution >= 4 is 5.84 Å². The van der Waals surface area contributed by atoms with Crippen molar-refractivity contribution in [3.8, 4) is 0 Å². The maximum atomic E-state index is 13.7. The van der Waals surface area contributed by atoms with Crippen molar-refractivity contribution in [2.45, 2.75) is 26.8 Å². The van der Waals surface area contributed by atoms with Crippen LogP contribution in [0.15, 0.2) is 23.4 Å². The van der Waals surface area contributed by atoms with Gasteiger partial charge in [-0.3, -0.25) is 4.90 Å². The Balaban J connectivity index is 2.75. The molecular weight excluding hydrogens is 264 g/mol. The molecule has 3 N–H and O–H groups in total. The molecule has 1 rings (SSSR count). The van der Waals surface area contributed by atoms with E-state index in [4.69, 9.17) is 10.9 Å². The van der Waals surface area contributed by atoms with Gasteiger partial charge >= 0.3 is 0 Å². The molecule has 0 amide bonds. The summed E-state index contributed by atoms with van der Waals surface area (Å²) in [5.41, 5.74) is 5.75. The minimum atomic E-state index is -0.456. The van der Waals surface area contributed by atoms with Gasteiger partial charge < -0.3 is 10.9 Å². The first-order valence-electron chi connectivity index (χ1n) is 6.55. The zero-order chi connectivity index (χ0) is 15.1. The SMILES string of the molecule is CC(C)CN(CC/C(N)=N/O)Cc1cc(F)ccc1F. The van der Waals surface area contributed by atoms with Crippen LogP contribution in [-0.4, -0.2) is 29.0 Å². The third-order valence-electron chi connectivity index (χ3n) is 2.84. The van der Waals surface area contributed by atoms with Crippen molar-refractivity contribution in [1.29, 1.82) is 0 Å². The molecule has 4 nitrogen and oxygen atoms in total. The molecule has 1 aromatic rings. The Kier molecular flexibility index (Phi) is 6.38. The predicted octanol–water partition coefficient (Wildman–Crippen LogP) is 2.56. The maximum absolute atomic E-state index is 13.7. The van der Waals surface area contributed by atoms with E-state index in [0.29, 0.717) is 37.5 Å². The zero-order valence-electron chi connectivity index (χ0n) is 11.8. The molecule has 0 spiro atoms. The summed E-state index contributed by atoms with van der Waals surface area (Å²) >= 11 is 0. The van der Waals surface area contributed by atoms with Crippen LogP contribution in [0.4, 0.5) is 8.78 Å². The number of rotatable bonds is 7. The van der Waals surface area contributed by atoms with Crippen molar-refractivity contribution in [2.75, 3.05) is 13.1 Å². The second-order valence-corrected chi connectivity index (χ2v) is 5.21. The Bertz CT molecular complexity index is 464. The molecule has 0 aliphatic rings. The fourth-order valence-corrected chi connectivity index (χ4v) is 1.98. The van der Waals surface area contributed by atoms with Gasteiger partial charge in [-0.15, -0.1) is 0 Å². The third-order valence-corrected chi connectivity index (χ3v) is 2.84. The van der Waals surface area contributed by atoms with Gasteiger partial charge in [0.1, 0.15) is 17.5 Å². The normalized spacial score (nSPS) is 12.4. The van der Waals surface area contributed by atoms with E-state index in [-0.39, 0.29) is 5.84 Å². The molecule has 0 aliphatic carbocycles. The summed E-state index contributed by atoms with van der Waals surface area (Å²) in [7, 11) is 0. The minimum Gasteiger partial charge on any atom is -0.409 e. The first-order valence-corrected chi connectivity index (χ1v) is 6.55. The lowest BCUT2D eigenvalue weighted by Gasteiger charge is -2.24. The van der Waals surface area contributed by atoms with Gasteiger partial charge in [-0.1, -0.05) is 19.0 Å². The van der Waals surface area contributed by atoms with Gasteiger partial charge in [-0.25, -0.2) is 8.78 Å². The Hall–Kier alpha value is -1.69. The molecule has 1 aromatic carbocycles. The van der Waals surface area contributed by atoms with Crippen LogP contribution in [0.3, 0.4) is 0 Å². The van der Waals surface area contributed by atoms with E-state index in [9.17, 15) is 8.78 Å². The van der Waals surface area contributed by atoms with Crippen LogP contribution >= 0.6 is 0 Å². The minimum absolute atomic E-state index is 0.124. The average molecular weight is 285 g/mol. The van der Waals surface area contributed by atoms with Crippen LogP contribution in [-0.2, 0) is 6.54 Å². The van der Waals surface area contributed by atoms with E-state index in [1.807, 2.05) is 18.7 Å². The van der Waals surface area contributed by atoms with Gasteiger partial charge in [0.15, 0.2) is 0 Å². The summed E-state index contributed by atoms with van der Waals surface area (Å²) in [5, 5.41) is 11.4. The van der Waals surface area contributed by atoms with Gasteiger partial charge in [0.05, 0.1) is 0 Å². The van der Waals surface area contributed by atoms with Crippen LogP contribution in [0.25, 0.3) is 0 Å². The molecule has 0 fully saturated rings. The summed E-state index contributed by atoms with van der Waals surface area (Å²) in [6.45, 7) is 5.61. The quantitative estimate of drug-likeness (QED) is 0.350. The van der Waals surface area contributed by atoms with E-state index in [2.05, 4.69) is 5.16 Å². The molecule has 0 unspecified atom stereocenters. The van der Waals surface area contributed by atoms with E-state index in [1.165, 1.54) is 6.07 Å². The average Bonchev–Trinajstić information content (AvgIpc) is 2.39. The molecule has 0 aliphatic heterocycles. The molecule has 0 saturated carbocycles. The van der Waals surface area contributed by atoms with Gasteiger partial charge in [0, 0.05) is 31.6 Å². The highest BCUT2D eigenvalue weighted by molar-refractivity contribution is 5.79. The standard InChI is InChI=1S/C14H21F2N3O/c1-10(2)8-19(6-5-14(17)18-20)9-11-7-12(15)3-4-13(11)16/h3-4,7,10,20H,5-6,8-9H2,1-2H3,(H2,17,18). The lowest BCUT2D eigenvalue weighted by molar-refractivity contribution is 0.237. The topological polar surface area (TPSA) is 61.8 Å². The van der Waals surface area contributed by atoms with Crippen molar-refractivity contribution in [3.63, 3.8) is 0 Å². The highest BCUT2D eigenvalue weighted by atomic mass is 19.1. The van der Waals surface area contributed by atoms with Crippen molar-refractivity contribution in [2.24, 2.45) is 16.8 Å². The molecule has 20 heavy (non-hydrogen) atoms. The number of nitrogens with two attached hydrogens (primary N) is 1. The van der Waals surface area contributed by atoms with Crippen molar-refractivity contribution < 1.29 is 14.0 Å². The fourth-order valence-electron chi connectivity index (χ4n) is 1.98. The number of amidine groups is 1. The third kappa shape index (κ3) is 5.52.